The number of Topliss-reactive ketones (excluding diaryl/α,β-unsaturated/α-hetero) is 1. The zero-order valence-electron chi connectivity index (χ0n) is 19.6. The largest absolute Gasteiger partial charge is 0.481 e. The van der Waals surface area contributed by atoms with E-state index in [4.69, 9.17) is 5.73 Å². The lowest BCUT2D eigenvalue weighted by molar-refractivity contribution is -0.146. The van der Waals surface area contributed by atoms with Gasteiger partial charge in [-0.3, -0.25) is 14.4 Å². The Morgan fingerprint density at radius 2 is 1.70 bits per heavy atom. The van der Waals surface area contributed by atoms with Crippen molar-refractivity contribution in [3.8, 4) is 0 Å². The maximum absolute atomic E-state index is 12.1. The van der Waals surface area contributed by atoms with E-state index < -0.39 is 29.6 Å². The van der Waals surface area contributed by atoms with Crippen molar-refractivity contribution in [3.63, 3.8) is 0 Å². The highest BCUT2D eigenvalue weighted by Crippen LogP contribution is 2.10. The van der Waals surface area contributed by atoms with Crippen molar-refractivity contribution in [2.24, 2.45) is 11.7 Å². The van der Waals surface area contributed by atoms with E-state index >= 15 is 0 Å². The fourth-order valence-corrected chi connectivity index (χ4v) is 3.00. The molecule has 2 unspecified atom stereocenters. The lowest BCUT2D eigenvalue weighted by atomic mass is 9.98. The van der Waals surface area contributed by atoms with Gasteiger partial charge in [0.1, 0.15) is 5.92 Å². The molecule has 0 aromatic carbocycles. The first-order valence-corrected chi connectivity index (χ1v) is 12.2. The van der Waals surface area contributed by atoms with E-state index in [0.717, 1.165) is 25.7 Å². The number of carbonyl (C=O) groups excluding carboxylic acids is 2. The molecule has 8 heteroatoms. The summed E-state index contributed by atoms with van der Waals surface area (Å²) < 4.78 is 0. The van der Waals surface area contributed by atoms with Gasteiger partial charge in [-0.2, -0.15) is 12.6 Å². The van der Waals surface area contributed by atoms with Crippen molar-refractivity contribution in [2.75, 3.05) is 12.3 Å². The molecule has 1 amide bonds. The number of thiol groups is 1. The molecule has 0 saturated carbocycles. The number of carboxylic acids is 1. The molecule has 0 aliphatic rings. The summed E-state index contributed by atoms with van der Waals surface area (Å²) in [6.07, 6.45) is 21.2. The number of carbonyl (C=O) groups is 3. The predicted octanol–water partition coefficient (Wildman–Crippen LogP) is 3.36. The summed E-state index contributed by atoms with van der Waals surface area (Å²) in [6.45, 7) is 1.79. The Morgan fingerprint density at radius 3 is 2.33 bits per heavy atom. The van der Waals surface area contributed by atoms with Crippen LogP contribution in [0.4, 0.5) is 0 Å². The summed E-state index contributed by atoms with van der Waals surface area (Å²) in [5.41, 5.74) is 5.50. The lowest BCUT2D eigenvalue weighted by Crippen LogP contribution is -2.45. The summed E-state index contributed by atoms with van der Waals surface area (Å²) in [5.74, 6) is -3.32. The van der Waals surface area contributed by atoms with E-state index in [1.807, 2.05) is 48.6 Å². The Morgan fingerprint density at radius 1 is 1.00 bits per heavy atom. The van der Waals surface area contributed by atoms with E-state index in [2.05, 4.69) is 24.9 Å². The van der Waals surface area contributed by atoms with E-state index in [9.17, 15) is 24.6 Å². The summed E-state index contributed by atoms with van der Waals surface area (Å²) in [4.78, 5) is 35.0. The molecule has 5 N–H and O–H groups in total. The molecule has 0 aliphatic carbocycles. The summed E-state index contributed by atoms with van der Waals surface area (Å²) in [7, 11) is 0. The van der Waals surface area contributed by atoms with Gasteiger partial charge in [0, 0.05) is 5.75 Å². The summed E-state index contributed by atoms with van der Waals surface area (Å²) in [5, 5.41) is 21.4. The first-order chi connectivity index (χ1) is 15.8. The number of hydrogen-bond donors (Lipinski definition) is 5. The number of allylic oxidation sites excluding steroid dienone is 7. The zero-order valence-corrected chi connectivity index (χ0v) is 20.5. The molecule has 0 fully saturated rings. The van der Waals surface area contributed by atoms with E-state index in [1.54, 1.807) is 0 Å². The second kappa shape index (κ2) is 20.4. The molecule has 0 aromatic heterocycles. The number of carboxylic acid groups (broad SMARTS) is 1. The van der Waals surface area contributed by atoms with Gasteiger partial charge in [-0.05, 0) is 32.1 Å². The molecule has 0 aromatic rings. The predicted molar refractivity (Wildman–Crippen MR) is 136 cm³/mol. The lowest BCUT2D eigenvalue weighted by Gasteiger charge is -2.12. The molecule has 0 heterocycles. The van der Waals surface area contributed by atoms with Crippen LogP contribution in [0, 0.1) is 5.92 Å². The first kappa shape index (κ1) is 30.8. The van der Waals surface area contributed by atoms with Crippen molar-refractivity contribution >= 4 is 30.3 Å². The van der Waals surface area contributed by atoms with Crippen molar-refractivity contribution in [2.45, 2.75) is 70.4 Å². The molecule has 0 rings (SSSR count). The normalized spacial score (nSPS) is 14.9. The van der Waals surface area contributed by atoms with Crippen LogP contribution >= 0.6 is 12.6 Å². The highest BCUT2D eigenvalue weighted by Gasteiger charge is 2.25. The molecule has 0 radical (unpaired) electrons. The van der Waals surface area contributed by atoms with Crippen molar-refractivity contribution < 1.29 is 24.6 Å². The van der Waals surface area contributed by atoms with Gasteiger partial charge in [0.2, 0.25) is 5.91 Å². The fourth-order valence-electron chi connectivity index (χ4n) is 2.84. The van der Waals surface area contributed by atoms with Gasteiger partial charge in [-0.25, -0.2) is 0 Å². The number of aliphatic carboxylic acids is 1. The maximum atomic E-state index is 12.1. The van der Waals surface area contributed by atoms with E-state index in [-0.39, 0.29) is 24.8 Å². The third kappa shape index (κ3) is 17.0. The minimum atomic E-state index is -1.20. The van der Waals surface area contributed by atoms with Crippen LogP contribution in [-0.4, -0.2) is 52.3 Å². The number of nitrogens with one attached hydrogen (secondary N) is 1. The van der Waals surface area contributed by atoms with Crippen LogP contribution in [-0.2, 0) is 14.4 Å². The van der Waals surface area contributed by atoms with Gasteiger partial charge >= 0.3 is 5.97 Å². The van der Waals surface area contributed by atoms with Gasteiger partial charge < -0.3 is 21.3 Å². The van der Waals surface area contributed by atoms with E-state index in [1.165, 1.54) is 0 Å². The Hall–Kier alpha value is -2.16. The monoisotopic (exact) mass is 480 g/mol. The van der Waals surface area contributed by atoms with Crippen molar-refractivity contribution in [3.05, 3.63) is 48.6 Å². The van der Waals surface area contributed by atoms with Crippen LogP contribution in [0.15, 0.2) is 48.6 Å². The van der Waals surface area contributed by atoms with Gasteiger partial charge in [-0.15, -0.1) is 0 Å². The van der Waals surface area contributed by atoms with Crippen molar-refractivity contribution in [1.82, 2.24) is 5.32 Å². The van der Waals surface area contributed by atoms with Gasteiger partial charge in [0.25, 0.3) is 0 Å². The third-order valence-corrected chi connectivity index (χ3v) is 5.27. The van der Waals surface area contributed by atoms with Crippen LogP contribution in [0.5, 0.6) is 0 Å². The second-order valence-electron chi connectivity index (χ2n) is 7.77. The molecule has 0 spiro atoms. The first-order valence-electron chi connectivity index (χ1n) is 11.5. The van der Waals surface area contributed by atoms with Gasteiger partial charge in [0.15, 0.2) is 5.78 Å². The maximum Gasteiger partial charge on any atom is 0.314 e. The second-order valence-corrected chi connectivity index (χ2v) is 8.14. The fraction of sp³-hybridized carbons (Fsp3) is 0.560. The zero-order chi connectivity index (χ0) is 24.9. The highest BCUT2D eigenvalue weighted by atomic mass is 32.1. The number of unbranched alkanes of at least 4 members (excludes halogenated alkanes) is 2. The number of ketones is 1. The topological polar surface area (TPSA) is 130 Å². The van der Waals surface area contributed by atoms with Gasteiger partial charge in [-0.1, -0.05) is 74.8 Å². The number of rotatable bonds is 19. The van der Waals surface area contributed by atoms with E-state index in [0.29, 0.717) is 19.3 Å². The summed E-state index contributed by atoms with van der Waals surface area (Å²) >= 11 is 3.91. The number of amides is 1. The molecule has 186 valence electrons. The van der Waals surface area contributed by atoms with Crippen LogP contribution in [0.3, 0.4) is 0 Å². The SMILES string of the molecule is CCCCC[C@H](O)C/C=C/C=C/C=C\C/C=C\CCC(C(=O)O)C(=O)CNC(=O)C(N)CS. The Bertz CT molecular complexity index is 688. The quantitative estimate of drug-likeness (QED) is 0.0634. The van der Waals surface area contributed by atoms with Crippen molar-refractivity contribution in [1.29, 1.82) is 0 Å². The molecule has 0 aliphatic heterocycles. The molecule has 7 nitrogen and oxygen atoms in total. The van der Waals surface area contributed by atoms with Crippen LogP contribution in [0.25, 0.3) is 0 Å². The highest BCUT2D eigenvalue weighted by molar-refractivity contribution is 7.80. The average molecular weight is 481 g/mol. The van der Waals surface area contributed by atoms with Crippen LogP contribution in [0.2, 0.25) is 0 Å². The molecule has 0 bridgehead atoms. The molecule has 33 heavy (non-hydrogen) atoms. The minimum absolute atomic E-state index is 0.136. The summed E-state index contributed by atoms with van der Waals surface area (Å²) in [6, 6.07) is -0.834. The third-order valence-electron chi connectivity index (χ3n) is 4.87. The Labute approximate surface area is 203 Å². The smallest absolute Gasteiger partial charge is 0.314 e. The average Bonchev–Trinajstić information content (AvgIpc) is 2.79. The Kier molecular flexibility index (Phi) is 19.1. The number of nitrogens with two attached hydrogens (primary N) is 1. The number of aliphatic hydroxyl groups is 1. The number of hydrogen-bond acceptors (Lipinski definition) is 6. The molecule has 0 saturated heterocycles. The Balaban J connectivity index is 4.14. The van der Waals surface area contributed by atoms with Gasteiger partial charge in [0.05, 0.1) is 18.7 Å². The van der Waals surface area contributed by atoms with Crippen LogP contribution < -0.4 is 11.1 Å². The number of aliphatic hydroxyl groups excluding tert-OH is 1. The van der Waals surface area contributed by atoms with Crippen LogP contribution in [0.1, 0.15) is 58.3 Å². The minimum Gasteiger partial charge on any atom is -0.481 e. The molecular formula is C25H40N2O5S. The molecular weight excluding hydrogens is 440 g/mol. The standard InChI is InChI=1S/C25H40N2O5S/c1-2-3-12-15-20(28)16-13-10-8-6-4-5-7-9-11-14-17-21(25(31)32)23(29)18-27-24(30)22(26)19-33/h4-6,8-11,13,20-22,28,33H,2-3,7,12,14-19,26H2,1H3,(H,27,30)(H,31,32)/b5-4-,8-6+,11-9-,13-10+/t20-,21?,22?/m0/s1. The molecule has 3 atom stereocenters.